The summed E-state index contributed by atoms with van der Waals surface area (Å²) in [5.41, 5.74) is 2.87. The molecule has 0 atom stereocenters. The SMILES string of the molecule is CCOC(=O)Cn1nc(C)c(NC(=O)COc2ccccc2C)c1C. The molecule has 1 aromatic carbocycles. The molecular weight excluding hydrogens is 322 g/mol. The number of nitrogens with one attached hydrogen (secondary N) is 1. The molecule has 2 rings (SSSR count). The number of anilines is 1. The van der Waals surface area contributed by atoms with Crippen molar-refractivity contribution in [2.45, 2.75) is 34.2 Å². The highest BCUT2D eigenvalue weighted by atomic mass is 16.5. The third-order valence-electron chi connectivity index (χ3n) is 3.68. The smallest absolute Gasteiger partial charge is 0.327 e. The van der Waals surface area contributed by atoms with E-state index in [4.69, 9.17) is 9.47 Å². The van der Waals surface area contributed by atoms with E-state index in [9.17, 15) is 9.59 Å². The number of hydrogen-bond donors (Lipinski definition) is 1. The molecule has 0 fully saturated rings. The van der Waals surface area contributed by atoms with Gasteiger partial charge in [-0.25, -0.2) is 0 Å². The molecule has 7 heteroatoms. The zero-order valence-electron chi connectivity index (χ0n) is 15.0. The Morgan fingerprint density at radius 2 is 1.92 bits per heavy atom. The summed E-state index contributed by atoms with van der Waals surface area (Å²) in [6, 6.07) is 7.50. The molecule has 25 heavy (non-hydrogen) atoms. The van der Waals surface area contributed by atoms with E-state index in [1.807, 2.05) is 31.2 Å². The number of hydrogen-bond acceptors (Lipinski definition) is 5. The van der Waals surface area contributed by atoms with Crippen LogP contribution in [0.1, 0.15) is 23.9 Å². The molecule has 0 saturated carbocycles. The molecule has 2 aromatic rings. The van der Waals surface area contributed by atoms with Crippen LogP contribution in [0.25, 0.3) is 0 Å². The first kappa shape index (κ1) is 18.5. The second kappa shape index (κ2) is 8.32. The predicted molar refractivity (Wildman–Crippen MR) is 93.6 cm³/mol. The number of amides is 1. The molecule has 0 aliphatic rings. The average molecular weight is 345 g/mol. The first-order valence-electron chi connectivity index (χ1n) is 8.10. The molecule has 0 saturated heterocycles. The number of para-hydroxylation sites is 1. The average Bonchev–Trinajstić information content (AvgIpc) is 2.82. The van der Waals surface area contributed by atoms with Gasteiger partial charge in [-0.1, -0.05) is 18.2 Å². The lowest BCUT2D eigenvalue weighted by Crippen LogP contribution is -2.21. The van der Waals surface area contributed by atoms with Crippen molar-refractivity contribution in [3.05, 3.63) is 41.2 Å². The number of benzene rings is 1. The molecule has 0 bridgehead atoms. The van der Waals surface area contributed by atoms with E-state index < -0.39 is 0 Å². The topological polar surface area (TPSA) is 82.5 Å². The Hall–Kier alpha value is -2.83. The third kappa shape index (κ3) is 4.82. The third-order valence-corrected chi connectivity index (χ3v) is 3.68. The van der Waals surface area contributed by atoms with E-state index in [0.717, 1.165) is 5.56 Å². The van der Waals surface area contributed by atoms with Crippen molar-refractivity contribution in [1.82, 2.24) is 9.78 Å². The molecule has 0 unspecified atom stereocenters. The van der Waals surface area contributed by atoms with Gasteiger partial charge in [0.05, 0.1) is 23.7 Å². The zero-order valence-corrected chi connectivity index (χ0v) is 15.0. The van der Waals surface area contributed by atoms with Crippen LogP contribution in [-0.4, -0.2) is 34.9 Å². The number of carbonyl (C=O) groups is 2. The van der Waals surface area contributed by atoms with Crippen LogP contribution in [0.15, 0.2) is 24.3 Å². The molecule has 1 aromatic heterocycles. The summed E-state index contributed by atoms with van der Waals surface area (Å²) in [5.74, 6) is 0.0168. The van der Waals surface area contributed by atoms with Crippen molar-refractivity contribution in [2.75, 3.05) is 18.5 Å². The van der Waals surface area contributed by atoms with Gasteiger partial charge in [-0.05, 0) is 39.3 Å². The highest BCUT2D eigenvalue weighted by molar-refractivity contribution is 5.93. The number of rotatable bonds is 7. The maximum absolute atomic E-state index is 12.2. The van der Waals surface area contributed by atoms with Crippen LogP contribution in [-0.2, 0) is 20.9 Å². The van der Waals surface area contributed by atoms with Gasteiger partial charge in [0, 0.05) is 0 Å². The summed E-state index contributed by atoms with van der Waals surface area (Å²) >= 11 is 0. The second-order valence-corrected chi connectivity index (χ2v) is 5.61. The number of carbonyl (C=O) groups excluding carboxylic acids is 2. The maximum atomic E-state index is 12.2. The summed E-state index contributed by atoms with van der Waals surface area (Å²) in [4.78, 5) is 23.8. The molecule has 7 nitrogen and oxygen atoms in total. The summed E-state index contributed by atoms with van der Waals surface area (Å²) in [7, 11) is 0. The van der Waals surface area contributed by atoms with Gasteiger partial charge in [0.2, 0.25) is 0 Å². The Kier molecular flexibility index (Phi) is 6.16. The van der Waals surface area contributed by atoms with Crippen molar-refractivity contribution >= 4 is 17.6 Å². The van der Waals surface area contributed by atoms with Gasteiger partial charge < -0.3 is 14.8 Å². The largest absolute Gasteiger partial charge is 0.483 e. The number of aryl methyl sites for hydroxylation is 2. The van der Waals surface area contributed by atoms with Crippen LogP contribution in [0.5, 0.6) is 5.75 Å². The highest BCUT2D eigenvalue weighted by Crippen LogP contribution is 2.20. The van der Waals surface area contributed by atoms with Gasteiger partial charge in [-0.2, -0.15) is 5.10 Å². The number of aromatic nitrogens is 2. The van der Waals surface area contributed by atoms with Gasteiger partial charge in [0.15, 0.2) is 6.61 Å². The van der Waals surface area contributed by atoms with Gasteiger partial charge in [-0.3, -0.25) is 14.3 Å². The van der Waals surface area contributed by atoms with Crippen molar-refractivity contribution in [3.8, 4) is 5.75 Å². The molecule has 1 N–H and O–H groups in total. The van der Waals surface area contributed by atoms with Crippen LogP contribution in [0.4, 0.5) is 5.69 Å². The van der Waals surface area contributed by atoms with Crippen molar-refractivity contribution in [3.63, 3.8) is 0 Å². The van der Waals surface area contributed by atoms with E-state index >= 15 is 0 Å². The Morgan fingerprint density at radius 3 is 2.60 bits per heavy atom. The van der Waals surface area contributed by atoms with E-state index in [0.29, 0.717) is 29.4 Å². The van der Waals surface area contributed by atoms with E-state index in [2.05, 4.69) is 10.4 Å². The minimum atomic E-state index is -0.367. The van der Waals surface area contributed by atoms with Gasteiger partial charge in [0.25, 0.3) is 5.91 Å². The molecule has 0 radical (unpaired) electrons. The molecule has 134 valence electrons. The van der Waals surface area contributed by atoms with Crippen molar-refractivity contribution in [2.24, 2.45) is 0 Å². The van der Waals surface area contributed by atoms with Crippen LogP contribution < -0.4 is 10.1 Å². The van der Waals surface area contributed by atoms with Crippen LogP contribution in [0.3, 0.4) is 0 Å². The fourth-order valence-electron chi connectivity index (χ4n) is 2.40. The normalized spacial score (nSPS) is 10.4. The zero-order chi connectivity index (χ0) is 18.4. The Bertz CT molecular complexity index is 768. The molecule has 0 spiro atoms. The lowest BCUT2D eigenvalue weighted by atomic mass is 10.2. The lowest BCUT2D eigenvalue weighted by Gasteiger charge is -2.10. The second-order valence-electron chi connectivity index (χ2n) is 5.61. The molecule has 0 aliphatic carbocycles. The summed E-state index contributed by atoms with van der Waals surface area (Å²) < 4.78 is 12.0. The van der Waals surface area contributed by atoms with Crippen LogP contribution in [0, 0.1) is 20.8 Å². The molecular formula is C18H23N3O4. The lowest BCUT2D eigenvalue weighted by molar-refractivity contribution is -0.144. The van der Waals surface area contributed by atoms with E-state index in [-0.39, 0.29) is 25.0 Å². The quantitative estimate of drug-likeness (QED) is 0.779. The van der Waals surface area contributed by atoms with Gasteiger partial charge in [0.1, 0.15) is 12.3 Å². The minimum Gasteiger partial charge on any atom is -0.483 e. The monoisotopic (exact) mass is 345 g/mol. The highest BCUT2D eigenvalue weighted by Gasteiger charge is 2.16. The van der Waals surface area contributed by atoms with Crippen LogP contribution in [0.2, 0.25) is 0 Å². The first-order chi connectivity index (χ1) is 11.9. The van der Waals surface area contributed by atoms with Crippen molar-refractivity contribution in [1.29, 1.82) is 0 Å². The number of ether oxygens (including phenoxy) is 2. The fourth-order valence-corrected chi connectivity index (χ4v) is 2.40. The molecule has 0 aliphatic heterocycles. The fraction of sp³-hybridized carbons (Fsp3) is 0.389. The Balaban J connectivity index is 2.00. The van der Waals surface area contributed by atoms with E-state index in [1.165, 1.54) is 4.68 Å². The summed E-state index contributed by atoms with van der Waals surface area (Å²) in [6.07, 6.45) is 0. The molecule has 1 heterocycles. The number of nitrogens with zero attached hydrogens (tertiary/aromatic N) is 2. The number of esters is 1. The van der Waals surface area contributed by atoms with E-state index in [1.54, 1.807) is 20.8 Å². The standard InChI is InChI=1S/C18H23N3O4/c1-5-24-17(23)10-21-14(4)18(13(3)20-21)19-16(22)11-25-15-9-7-6-8-12(15)2/h6-9H,5,10-11H2,1-4H3,(H,19,22). The van der Waals surface area contributed by atoms with Crippen molar-refractivity contribution < 1.29 is 19.1 Å². The maximum Gasteiger partial charge on any atom is 0.327 e. The first-order valence-corrected chi connectivity index (χ1v) is 8.10. The van der Waals surface area contributed by atoms with Gasteiger partial charge in [-0.15, -0.1) is 0 Å². The van der Waals surface area contributed by atoms with Gasteiger partial charge >= 0.3 is 5.97 Å². The summed E-state index contributed by atoms with van der Waals surface area (Å²) in [5, 5.41) is 7.07. The van der Waals surface area contributed by atoms with Crippen LogP contribution >= 0.6 is 0 Å². The Labute approximate surface area is 146 Å². The Morgan fingerprint density at radius 1 is 1.20 bits per heavy atom. The minimum absolute atomic E-state index is 0.0100. The predicted octanol–water partition coefficient (Wildman–Crippen LogP) is 2.39. The summed E-state index contributed by atoms with van der Waals surface area (Å²) in [6.45, 7) is 7.45. The molecule has 1 amide bonds.